The normalized spacial score (nSPS) is 13.9. The molecule has 0 radical (unpaired) electrons. The summed E-state index contributed by atoms with van der Waals surface area (Å²) in [6, 6.07) is 16.2. The number of carboxylic acid groups (broad SMARTS) is 1. The molecule has 3 N–H and O–H groups in total. The molecule has 182 valence electrons. The second kappa shape index (κ2) is 10.3. The minimum Gasteiger partial charge on any atom is -0.481 e. The van der Waals surface area contributed by atoms with Gasteiger partial charge in [0.05, 0.1) is 18.2 Å². The van der Waals surface area contributed by atoms with Crippen molar-refractivity contribution in [3.05, 3.63) is 75.7 Å². The van der Waals surface area contributed by atoms with Crippen LogP contribution in [0.2, 0.25) is 0 Å². The lowest BCUT2D eigenvalue weighted by Gasteiger charge is -2.22. The molecule has 0 aliphatic heterocycles. The van der Waals surface area contributed by atoms with Gasteiger partial charge in [-0.15, -0.1) is 11.3 Å². The largest absolute Gasteiger partial charge is 0.481 e. The van der Waals surface area contributed by atoms with Gasteiger partial charge >= 0.3 is 12.1 Å². The van der Waals surface area contributed by atoms with E-state index in [0.29, 0.717) is 16.3 Å². The maximum atomic E-state index is 12.4. The van der Waals surface area contributed by atoms with E-state index in [1.807, 2.05) is 24.3 Å². The molecule has 2 amide bonds. The number of hydrogen-bond donors (Lipinski definition) is 3. The Morgan fingerprint density at radius 1 is 1.06 bits per heavy atom. The van der Waals surface area contributed by atoms with Crippen LogP contribution < -0.4 is 10.6 Å². The Labute approximate surface area is 207 Å². The average Bonchev–Trinajstić information content (AvgIpc) is 3.47. The number of benzene rings is 2. The quantitative estimate of drug-likeness (QED) is 0.406. The van der Waals surface area contributed by atoms with Crippen LogP contribution in [0.1, 0.15) is 52.0 Å². The number of fused-ring (bicyclic) bond motifs is 3. The number of amides is 2. The number of thiazole rings is 1. The Morgan fingerprint density at radius 2 is 1.69 bits per heavy atom. The lowest BCUT2D eigenvalue weighted by atomic mass is 9.88. The number of rotatable bonds is 9. The first-order valence-electron chi connectivity index (χ1n) is 11.4. The number of carbonyl (C=O) groups is 3. The van der Waals surface area contributed by atoms with E-state index < -0.39 is 23.4 Å². The van der Waals surface area contributed by atoms with E-state index in [4.69, 9.17) is 4.74 Å². The molecule has 1 unspecified atom stereocenters. The van der Waals surface area contributed by atoms with Gasteiger partial charge in [-0.1, -0.05) is 55.5 Å². The third-order valence-corrected chi connectivity index (χ3v) is 7.44. The molecule has 0 saturated carbocycles. The Kier molecular flexibility index (Phi) is 7.16. The van der Waals surface area contributed by atoms with Crippen molar-refractivity contribution >= 4 is 29.3 Å². The molecule has 2 aromatic carbocycles. The van der Waals surface area contributed by atoms with Gasteiger partial charge in [0.25, 0.3) is 5.91 Å². The number of alkyl carbamates (subject to hydrolysis) is 1. The summed E-state index contributed by atoms with van der Waals surface area (Å²) in [7, 11) is 0. The first-order chi connectivity index (χ1) is 16.8. The molecule has 1 heterocycles. The van der Waals surface area contributed by atoms with Crippen LogP contribution in [0.25, 0.3) is 11.1 Å². The predicted molar refractivity (Wildman–Crippen MR) is 132 cm³/mol. The van der Waals surface area contributed by atoms with Gasteiger partial charge in [-0.3, -0.25) is 9.59 Å². The SMILES string of the molecule is CCC(C)(CNC(=O)c1cnc(CNC(=O)OCC2c3ccccc3-c3ccccc32)s1)C(=O)O. The van der Waals surface area contributed by atoms with Gasteiger partial charge in [-0.2, -0.15) is 0 Å². The smallest absolute Gasteiger partial charge is 0.407 e. The fourth-order valence-electron chi connectivity index (χ4n) is 4.01. The van der Waals surface area contributed by atoms with E-state index in [0.717, 1.165) is 33.6 Å². The highest BCUT2D eigenvalue weighted by atomic mass is 32.1. The van der Waals surface area contributed by atoms with E-state index >= 15 is 0 Å². The fourth-order valence-corrected chi connectivity index (χ4v) is 4.78. The zero-order chi connectivity index (χ0) is 25.0. The van der Waals surface area contributed by atoms with Gasteiger partial charge in [-0.05, 0) is 35.6 Å². The molecular weight excluding hydrogens is 466 g/mol. The van der Waals surface area contributed by atoms with Gasteiger partial charge in [-0.25, -0.2) is 9.78 Å². The van der Waals surface area contributed by atoms with Crippen molar-refractivity contribution in [3.8, 4) is 11.1 Å². The van der Waals surface area contributed by atoms with Gasteiger partial charge < -0.3 is 20.5 Å². The highest BCUT2D eigenvalue weighted by molar-refractivity contribution is 7.13. The summed E-state index contributed by atoms with van der Waals surface area (Å²) in [5.41, 5.74) is 3.56. The van der Waals surface area contributed by atoms with E-state index in [1.165, 1.54) is 6.20 Å². The standard InChI is InChI=1S/C26H27N3O5S/c1-3-26(2,24(31)32)15-29-23(30)21-12-27-22(35-21)13-28-25(33)34-14-20-18-10-6-4-8-16(18)17-9-5-7-11-19(17)20/h4-12,20H,3,13-15H2,1-2H3,(H,28,33)(H,29,30)(H,31,32). The molecular formula is C26H27N3O5S. The number of hydrogen-bond acceptors (Lipinski definition) is 6. The molecule has 8 nitrogen and oxygen atoms in total. The Morgan fingerprint density at radius 3 is 2.29 bits per heavy atom. The third-order valence-electron chi connectivity index (χ3n) is 6.44. The number of carboxylic acids is 1. The molecule has 4 rings (SSSR count). The molecule has 9 heteroatoms. The molecule has 1 aliphatic carbocycles. The number of nitrogens with one attached hydrogen (secondary N) is 2. The monoisotopic (exact) mass is 493 g/mol. The summed E-state index contributed by atoms with van der Waals surface area (Å²) in [5, 5.41) is 15.2. The molecule has 35 heavy (non-hydrogen) atoms. The first-order valence-corrected chi connectivity index (χ1v) is 12.2. The summed E-state index contributed by atoms with van der Waals surface area (Å²) < 4.78 is 5.52. The maximum absolute atomic E-state index is 12.4. The van der Waals surface area contributed by atoms with Gasteiger partial charge in [0.15, 0.2) is 0 Å². The number of ether oxygens (including phenoxy) is 1. The van der Waals surface area contributed by atoms with Crippen LogP contribution in [0.5, 0.6) is 0 Å². The predicted octanol–water partition coefficient (Wildman–Crippen LogP) is 4.41. The van der Waals surface area contributed by atoms with Crippen molar-refractivity contribution in [2.75, 3.05) is 13.2 Å². The summed E-state index contributed by atoms with van der Waals surface area (Å²) in [4.78, 5) is 40.7. The number of carbonyl (C=O) groups excluding carboxylic acids is 2. The second-order valence-corrected chi connectivity index (χ2v) is 9.81. The second-order valence-electron chi connectivity index (χ2n) is 8.70. The topological polar surface area (TPSA) is 118 Å². The molecule has 1 aromatic heterocycles. The number of nitrogens with zero attached hydrogens (tertiary/aromatic N) is 1. The molecule has 0 bridgehead atoms. The van der Waals surface area contributed by atoms with Crippen molar-refractivity contribution in [1.29, 1.82) is 0 Å². The molecule has 0 spiro atoms. The summed E-state index contributed by atoms with van der Waals surface area (Å²) in [6.07, 6.45) is 1.24. The van der Waals surface area contributed by atoms with Crippen molar-refractivity contribution in [1.82, 2.24) is 15.6 Å². The van der Waals surface area contributed by atoms with Crippen molar-refractivity contribution < 1.29 is 24.2 Å². The Hall–Kier alpha value is -3.72. The Balaban J connectivity index is 1.29. The van der Waals surface area contributed by atoms with Crippen molar-refractivity contribution in [2.24, 2.45) is 5.41 Å². The first kappa shape index (κ1) is 24.4. The van der Waals surface area contributed by atoms with Crippen molar-refractivity contribution in [2.45, 2.75) is 32.7 Å². The molecule has 1 atom stereocenters. The minimum atomic E-state index is -1.03. The molecule has 0 saturated heterocycles. The van der Waals surface area contributed by atoms with E-state index in [-0.39, 0.29) is 25.6 Å². The van der Waals surface area contributed by atoms with Crippen LogP contribution in [0.3, 0.4) is 0 Å². The summed E-state index contributed by atoms with van der Waals surface area (Å²) in [5.74, 6) is -1.38. The van der Waals surface area contributed by atoms with E-state index in [1.54, 1.807) is 13.8 Å². The van der Waals surface area contributed by atoms with Crippen LogP contribution in [0.15, 0.2) is 54.7 Å². The molecule has 0 fully saturated rings. The number of aromatic nitrogens is 1. The summed E-state index contributed by atoms with van der Waals surface area (Å²) in [6.45, 7) is 3.70. The molecule has 1 aliphatic rings. The third kappa shape index (κ3) is 5.19. The van der Waals surface area contributed by atoms with Crippen molar-refractivity contribution in [3.63, 3.8) is 0 Å². The average molecular weight is 494 g/mol. The van der Waals surface area contributed by atoms with E-state index in [2.05, 4.69) is 39.9 Å². The van der Waals surface area contributed by atoms with Gasteiger partial charge in [0.2, 0.25) is 0 Å². The van der Waals surface area contributed by atoms with Gasteiger partial charge in [0.1, 0.15) is 16.5 Å². The summed E-state index contributed by atoms with van der Waals surface area (Å²) >= 11 is 1.13. The minimum absolute atomic E-state index is 0.0168. The highest BCUT2D eigenvalue weighted by Gasteiger charge is 2.32. The van der Waals surface area contributed by atoms with Crippen LogP contribution in [-0.2, 0) is 16.1 Å². The van der Waals surface area contributed by atoms with Crippen LogP contribution in [0.4, 0.5) is 4.79 Å². The number of aliphatic carboxylic acids is 1. The zero-order valence-electron chi connectivity index (χ0n) is 19.5. The van der Waals surface area contributed by atoms with E-state index in [9.17, 15) is 19.5 Å². The molecule has 3 aromatic rings. The Bertz CT molecular complexity index is 1210. The highest BCUT2D eigenvalue weighted by Crippen LogP contribution is 2.44. The van der Waals surface area contributed by atoms with Crippen LogP contribution >= 0.6 is 11.3 Å². The van der Waals surface area contributed by atoms with Gasteiger partial charge in [0, 0.05) is 12.5 Å². The van der Waals surface area contributed by atoms with Crippen LogP contribution in [-0.4, -0.2) is 41.2 Å². The lowest BCUT2D eigenvalue weighted by molar-refractivity contribution is -0.147. The lowest BCUT2D eigenvalue weighted by Crippen LogP contribution is -2.40. The zero-order valence-corrected chi connectivity index (χ0v) is 20.4. The maximum Gasteiger partial charge on any atom is 0.407 e. The fraction of sp³-hybridized carbons (Fsp3) is 0.308. The van der Waals surface area contributed by atoms with Crippen LogP contribution in [0, 0.1) is 5.41 Å².